The van der Waals surface area contributed by atoms with Crippen molar-refractivity contribution in [1.29, 1.82) is 0 Å². The van der Waals surface area contributed by atoms with Crippen molar-refractivity contribution >= 4 is 0 Å². The molecule has 0 heterocycles. The average molecular weight is 235 g/mol. The van der Waals surface area contributed by atoms with Crippen molar-refractivity contribution in [1.82, 2.24) is 5.32 Å². The predicted octanol–water partition coefficient (Wildman–Crippen LogP) is 4.29. The van der Waals surface area contributed by atoms with Crippen molar-refractivity contribution in [3.05, 3.63) is 11.6 Å². The summed E-state index contributed by atoms with van der Waals surface area (Å²) < 4.78 is 0. The van der Waals surface area contributed by atoms with Gasteiger partial charge in [-0.15, -0.1) is 0 Å². The van der Waals surface area contributed by atoms with Gasteiger partial charge in [0.2, 0.25) is 0 Å². The lowest BCUT2D eigenvalue weighted by atomic mass is 9.92. The van der Waals surface area contributed by atoms with E-state index in [1.807, 2.05) is 0 Å². The minimum Gasteiger partial charge on any atom is -0.310 e. The first-order valence-corrected chi connectivity index (χ1v) is 7.75. The molecule has 0 aromatic heterocycles. The van der Waals surface area contributed by atoms with E-state index in [-0.39, 0.29) is 0 Å². The maximum atomic E-state index is 3.81. The number of allylic oxidation sites excluding steroid dienone is 1. The van der Waals surface area contributed by atoms with Crippen LogP contribution in [0, 0.1) is 11.8 Å². The molecule has 3 unspecified atom stereocenters. The maximum absolute atomic E-state index is 3.81. The molecule has 2 aliphatic carbocycles. The van der Waals surface area contributed by atoms with Crippen molar-refractivity contribution in [3.63, 3.8) is 0 Å². The van der Waals surface area contributed by atoms with Gasteiger partial charge in [-0.05, 0) is 56.9 Å². The molecule has 2 rings (SSSR count). The minimum absolute atomic E-state index is 0.711. The molecule has 0 bridgehead atoms. The Morgan fingerprint density at radius 1 is 1.29 bits per heavy atom. The van der Waals surface area contributed by atoms with Gasteiger partial charge in [-0.3, -0.25) is 0 Å². The van der Waals surface area contributed by atoms with Crippen LogP contribution in [0.1, 0.15) is 65.2 Å². The van der Waals surface area contributed by atoms with Gasteiger partial charge in [0.05, 0.1) is 0 Å². The second-order valence-electron chi connectivity index (χ2n) is 6.04. The van der Waals surface area contributed by atoms with E-state index >= 15 is 0 Å². The Morgan fingerprint density at radius 2 is 2.06 bits per heavy atom. The fourth-order valence-corrected chi connectivity index (χ4v) is 3.17. The Hall–Kier alpha value is -0.300. The molecule has 2 aliphatic rings. The second-order valence-corrected chi connectivity index (χ2v) is 6.04. The van der Waals surface area contributed by atoms with E-state index in [2.05, 4.69) is 25.2 Å². The fourth-order valence-electron chi connectivity index (χ4n) is 3.17. The number of rotatable bonds is 5. The largest absolute Gasteiger partial charge is 0.310 e. The Morgan fingerprint density at radius 3 is 2.76 bits per heavy atom. The van der Waals surface area contributed by atoms with Crippen LogP contribution in [0.5, 0.6) is 0 Å². The highest BCUT2D eigenvalue weighted by Gasteiger charge is 2.40. The van der Waals surface area contributed by atoms with E-state index in [9.17, 15) is 0 Å². The first-order chi connectivity index (χ1) is 8.33. The summed E-state index contributed by atoms with van der Waals surface area (Å²) in [5.41, 5.74) is 1.74. The lowest BCUT2D eigenvalue weighted by Crippen LogP contribution is -2.34. The van der Waals surface area contributed by atoms with Crippen molar-refractivity contribution < 1.29 is 0 Å². The van der Waals surface area contributed by atoms with Gasteiger partial charge < -0.3 is 5.32 Å². The molecule has 98 valence electrons. The van der Waals surface area contributed by atoms with Crippen LogP contribution in [0.15, 0.2) is 11.6 Å². The summed E-state index contributed by atoms with van der Waals surface area (Å²) in [6, 6.07) is 0.711. The summed E-state index contributed by atoms with van der Waals surface area (Å²) in [6.45, 7) is 5.87. The number of hydrogen-bond acceptors (Lipinski definition) is 1. The molecule has 1 heteroatoms. The van der Waals surface area contributed by atoms with Gasteiger partial charge in [-0.2, -0.15) is 0 Å². The molecule has 0 saturated heterocycles. The quantitative estimate of drug-likeness (QED) is 0.701. The number of hydrogen-bond donors (Lipinski definition) is 1. The third kappa shape index (κ3) is 3.84. The Labute approximate surface area is 107 Å². The first-order valence-electron chi connectivity index (χ1n) is 7.75. The number of nitrogens with one attached hydrogen (secondary N) is 1. The summed E-state index contributed by atoms with van der Waals surface area (Å²) in [4.78, 5) is 0. The van der Waals surface area contributed by atoms with Crippen LogP contribution in [0.25, 0.3) is 0 Å². The average Bonchev–Trinajstić information content (AvgIpc) is 2.98. The van der Waals surface area contributed by atoms with Crippen molar-refractivity contribution in [3.8, 4) is 0 Å². The Balaban J connectivity index is 1.96. The lowest BCUT2D eigenvalue weighted by molar-refractivity contribution is 0.471. The topological polar surface area (TPSA) is 12.0 Å². The molecule has 1 N–H and O–H groups in total. The van der Waals surface area contributed by atoms with E-state index in [0.29, 0.717) is 6.04 Å². The summed E-state index contributed by atoms with van der Waals surface area (Å²) >= 11 is 0. The lowest BCUT2D eigenvalue weighted by Gasteiger charge is -2.24. The summed E-state index contributed by atoms with van der Waals surface area (Å²) in [5, 5.41) is 3.81. The maximum Gasteiger partial charge on any atom is 0.0310 e. The van der Waals surface area contributed by atoms with Crippen molar-refractivity contribution in [2.45, 2.75) is 71.3 Å². The molecule has 1 fully saturated rings. The van der Waals surface area contributed by atoms with Crippen LogP contribution in [-0.2, 0) is 0 Å². The van der Waals surface area contributed by atoms with Crippen LogP contribution >= 0.6 is 0 Å². The smallest absolute Gasteiger partial charge is 0.0310 e. The summed E-state index contributed by atoms with van der Waals surface area (Å²) in [7, 11) is 0. The highest BCUT2D eigenvalue weighted by atomic mass is 14.9. The van der Waals surface area contributed by atoms with Gasteiger partial charge in [0.25, 0.3) is 0 Å². The first kappa shape index (κ1) is 13.1. The van der Waals surface area contributed by atoms with Gasteiger partial charge >= 0.3 is 0 Å². The van der Waals surface area contributed by atoms with Gasteiger partial charge in [0.1, 0.15) is 0 Å². The van der Waals surface area contributed by atoms with Gasteiger partial charge in [0.15, 0.2) is 0 Å². The molecule has 17 heavy (non-hydrogen) atoms. The molecule has 3 atom stereocenters. The molecule has 1 saturated carbocycles. The van der Waals surface area contributed by atoms with E-state index in [1.54, 1.807) is 5.57 Å². The molecule has 0 aliphatic heterocycles. The van der Waals surface area contributed by atoms with Crippen LogP contribution in [0.2, 0.25) is 0 Å². The van der Waals surface area contributed by atoms with E-state index in [0.717, 1.165) is 11.8 Å². The SMILES string of the molecule is CCCNC(C1=CCCCCCC1)C1CC1C. The second kappa shape index (κ2) is 6.58. The van der Waals surface area contributed by atoms with E-state index in [4.69, 9.17) is 0 Å². The molecule has 0 amide bonds. The highest BCUT2D eigenvalue weighted by Crippen LogP contribution is 2.43. The highest BCUT2D eigenvalue weighted by molar-refractivity contribution is 5.17. The Bertz CT molecular complexity index is 256. The Kier molecular flexibility index (Phi) is 5.09. The summed E-state index contributed by atoms with van der Waals surface area (Å²) in [5.74, 6) is 1.89. The zero-order valence-electron chi connectivity index (χ0n) is 11.7. The van der Waals surface area contributed by atoms with Crippen LogP contribution in [-0.4, -0.2) is 12.6 Å². The molecule has 1 nitrogen and oxygen atoms in total. The van der Waals surface area contributed by atoms with Crippen molar-refractivity contribution in [2.75, 3.05) is 6.54 Å². The standard InChI is InChI=1S/C16H29N/c1-3-11-17-16(15-12-13(15)2)14-9-7-5-4-6-8-10-14/h9,13,15-17H,3-8,10-12H2,1-2H3. The normalized spacial score (nSPS) is 31.3. The predicted molar refractivity (Wildman–Crippen MR) is 75.1 cm³/mol. The summed E-state index contributed by atoms with van der Waals surface area (Å²) in [6.07, 6.45) is 13.6. The van der Waals surface area contributed by atoms with Gasteiger partial charge in [-0.1, -0.05) is 38.3 Å². The van der Waals surface area contributed by atoms with Crippen molar-refractivity contribution in [2.24, 2.45) is 11.8 Å². The third-order valence-corrected chi connectivity index (χ3v) is 4.44. The van der Waals surface area contributed by atoms with E-state index in [1.165, 1.54) is 57.9 Å². The molecule has 0 radical (unpaired) electrons. The van der Waals surface area contributed by atoms with Crippen LogP contribution in [0.4, 0.5) is 0 Å². The van der Waals surface area contributed by atoms with Crippen LogP contribution in [0.3, 0.4) is 0 Å². The van der Waals surface area contributed by atoms with Crippen LogP contribution < -0.4 is 5.32 Å². The van der Waals surface area contributed by atoms with E-state index < -0.39 is 0 Å². The molecule has 0 aromatic carbocycles. The van der Waals surface area contributed by atoms with Gasteiger partial charge in [-0.25, -0.2) is 0 Å². The third-order valence-electron chi connectivity index (χ3n) is 4.44. The molecule has 0 spiro atoms. The zero-order chi connectivity index (χ0) is 12.1. The fraction of sp³-hybridized carbons (Fsp3) is 0.875. The molecular formula is C16H29N. The molecule has 0 aromatic rings. The molecular weight excluding hydrogens is 206 g/mol. The minimum atomic E-state index is 0.711. The zero-order valence-corrected chi connectivity index (χ0v) is 11.7. The van der Waals surface area contributed by atoms with Gasteiger partial charge in [0, 0.05) is 6.04 Å². The monoisotopic (exact) mass is 235 g/mol.